The third-order valence-corrected chi connectivity index (χ3v) is 4.51. The maximum Gasteiger partial charge on any atom is 0.226 e. The Morgan fingerprint density at radius 3 is 2.91 bits per heavy atom. The highest BCUT2D eigenvalue weighted by molar-refractivity contribution is 5.92. The fraction of sp³-hybridized carbons (Fsp3) is 0.316. The first kappa shape index (κ1) is 14.4. The van der Waals surface area contributed by atoms with E-state index in [1.54, 1.807) is 0 Å². The van der Waals surface area contributed by atoms with Crippen LogP contribution in [0.25, 0.3) is 11.1 Å². The predicted molar refractivity (Wildman–Crippen MR) is 90.5 cm³/mol. The number of benzene rings is 2. The standard InChI is InChI=1S/C19H20N2O2/c22-19(11-16-12-23-8-7-20-16)21-15-5-6-18-14(10-15)9-13-3-1-2-4-17(13)18/h1-6,10,16,20H,7-9,11-12H2,(H,21,22). The lowest BCUT2D eigenvalue weighted by Crippen LogP contribution is -2.43. The van der Waals surface area contributed by atoms with Gasteiger partial charge in [0, 0.05) is 24.7 Å². The van der Waals surface area contributed by atoms with Gasteiger partial charge in [0.2, 0.25) is 5.91 Å². The van der Waals surface area contributed by atoms with E-state index in [0.717, 1.165) is 25.3 Å². The van der Waals surface area contributed by atoms with Gasteiger partial charge in [0.05, 0.1) is 13.2 Å². The average molecular weight is 308 g/mol. The summed E-state index contributed by atoms with van der Waals surface area (Å²) >= 11 is 0. The minimum absolute atomic E-state index is 0.0310. The van der Waals surface area contributed by atoms with Gasteiger partial charge in [-0.15, -0.1) is 0 Å². The van der Waals surface area contributed by atoms with Gasteiger partial charge >= 0.3 is 0 Å². The molecular weight excluding hydrogens is 288 g/mol. The Hall–Kier alpha value is -2.17. The molecule has 0 spiro atoms. The van der Waals surface area contributed by atoms with Gasteiger partial charge in [0.15, 0.2) is 0 Å². The summed E-state index contributed by atoms with van der Waals surface area (Å²) in [4.78, 5) is 12.2. The first-order valence-electron chi connectivity index (χ1n) is 8.12. The van der Waals surface area contributed by atoms with Gasteiger partial charge in [-0.2, -0.15) is 0 Å². The van der Waals surface area contributed by atoms with E-state index in [4.69, 9.17) is 4.74 Å². The highest BCUT2D eigenvalue weighted by atomic mass is 16.5. The van der Waals surface area contributed by atoms with Crippen LogP contribution in [0.4, 0.5) is 5.69 Å². The molecule has 1 atom stereocenters. The van der Waals surface area contributed by atoms with Crippen LogP contribution in [0.1, 0.15) is 17.5 Å². The molecule has 2 aromatic carbocycles. The van der Waals surface area contributed by atoms with Gasteiger partial charge in [-0.1, -0.05) is 30.3 Å². The average Bonchev–Trinajstić information content (AvgIpc) is 2.93. The van der Waals surface area contributed by atoms with Crippen molar-refractivity contribution in [1.82, 2.24) is 5.32 Å². The maximum absolute atomic E-state index is 12.2. The van der Waals surface area contributed by atoms with Crippen molar-refractivity contribution in [2.45, 2.75) is 18.9 Å². The van der Waals surface area contributed by atoms with Gasteiger partial charge in [0.25, 0.3) is 0 Å². The Labute approximate surface area is 135 Å². The van der Waals surface area contributed by atoms with Crippen molar-refractivity contribution in [2.24, 2.45) is 0 Å². The summed E-state index contributed by atoms with van der Waals surface area (Å²) in [6.45, 7) is 2.14. The van der Waals surface area contributed by atoms with E-state index in [-0.39, 0.29) is 11.9 Å². The summed E-state index contributed by atoms with van der Waals surface area (Å²) in [6, 6.07) is 14.8. The van der Waals surface area contributed by atoms with E-state index >= 15 is 0 Å². The summed E-state index contributed by atoms with van der Waals surface area (Å²) in [6.07, 6.45) is 1.38. The first-order chi connectivity index (χ1) is 11.3. The smallest absolute Gasteiger partial charge is 0.226 e. The molecule has 2 aromatic rings. The van der Waals surface area contributed by atoms with Gasteiger partial charge in [-0.25, -0.2) is 0 Å². The molecular formula is C19H20N2O2. The van der Waals surface area contributed by atoms with Gasteiger partial charge in [-0.05, 0) is 40.8 Å². The Balaban J connectivity index is 1.45. The van der Waals surface area contributed by atoms with Crippen molar-refractivity contribution in [1.29, 1.82) is 0 Å². The van der Waals surface area contributed by atoms with Crippen LogP contribution >= 0.6 is 0 Å². The van der Waals surface area contributed by atoms with E-state index in [1.807, 2.05) is 6.07 Å². The third-order valence-electron chi connectivity index (χ3n) is 4.51. The van der Waals surface area contributed by atoms with Gasteiger partial charge in [-0.3, -0.25) is 4.79 Å². The first-order valence-corrected chi connectivity index (χ1v) is 8.12. The number of anilines is 1. The van der Waals surface area contributed by atoms with Crippen LogP contribution in [0.2, 0.25) is 0 Å². The lowest BCUT2D eigenvalue weighted by molar-refractivity contribution is -0.117. The minimum atomic E-state index is 0.0310. The molecule has 0 aromatic heterocycles. The molecule has 1 fully saturated rings. The van der Waals surface area contributed by atoms with E-state index in [0.29, 0.717) is 13.0 Å². The Morgan fingerprint density at radius 1 is 1.17 bits per heavy atom. The zero-order valence-electron chi connectivity index (χ0n) is 13.0. The van der Waals surface area contributed by atoms with E-state index in [2.05, 4.69) is 47.0 Å². The summed E-state index contributed by atoms with van der Waals surface area (Å²) in [7, 11) is 0. The van der Waals surface area contributed by atoms with Crippen LogP contribution in [0, 0.1) is 0 Å². The summed E-state index contributed by atoms with van der Waals surface area (Å²) in [5.74, 6) is 0.0310. The number of fused-ring (bicyclic) bond motifs is 3. The van der Waals surface area contributed by atoms with Crippen LogP contribution in [-0.4, -0.2) is 31.7 Å². The Bertz CT molecular complexity index is 736. The highest BCUT2D eigenvalue weighted by Gasteiger charge is 2.19. The summed E-state index contributed by atoms with van der Waals surface area (Å²) in [5.41, 5.74) is 6.10. The van der Waals surface area contributed by atoms with Crippen molar-refractivity contribution >= 4 is 11.6 Å². The zero-order valence-corrected chi connectivity index (χ0v) is 13.0. The fourth-order valence-electron chi connectivity index (χ4n) is 3.41. The van der Waals surface area contributed by atoms with Crippen molar-refractivity contribution in [3.05, 3.63) is 53.6 Å². The second-order valence-corrected chi connectivity index (χ2v) is 6.18. The van der Waals surface area contributed by atoms with Crippen molar-refractivity contribution in [2.75, 3.05) is 25.1 Å². The van der Waals surface area contributed by atoms with Crippen LogP contribution in [0.3, 0.4) is 0 Å². The quantitative estimate of drug-likeness (QED) is 0.782. The van der Waals surface area contributed by atoms with Crippen LogP contribution in [-0.2, 0) is 16.0 Å². The molecule has 1 aliphatic carbocycles. The second kappa shape index (κ2) is 6.14. The number of hydrogen-bond donors (Lipinski definition) is 2. The zero-order chi connectivity index (χ0) is 15.6. The van der Waals surface area contributed by atoms with Crippen molar-refractivity contribution < 1.29 is 9.53 Å². The van der Waals surface area contributed by atoms with E-state index in [1.165, 1.54) is 22.3 Å². The van der Waals surface area contributed by atoms with Crippen molar-refractivity contribution in [3.63, 3.8) is 0 Å². The summed E-state index contributed by atoms with van der Waals surface area (Å²) in [5, 5.41) is 6.31. The monoisotopic (exact) mass is 308 g/mol. The molecule has 1 aliphatic heterocycles. The predicted octanol–water partition coefficient (Wildman–Crippen LogP) is 2.57. The molecule has 4 nitrogen and oxygen atoms in total. The van der Waals surface area contributed by atoms with Gasteiger partial charge in [0.1, 0.15) is 0 Å². The molecule has 2 N–H and O–H groups in total. The molecule has 1 unspecified atom stereocenters. The number of carbonyl (C=O) groups is 1. The molecule has 1 amide bonds. The van der Waals surface area contributed by atoms with Crippen LogP contribution < -0.4 is 10.6 Å². The molecule has 1 saturated heterocycles. The number of morpholine rings is 1. The number of ether oxygens (including phenoxy) is 1. The molecule has 1 heterocycles. The molecule has 23 heavy (non-hydrogen) atoms. The molecule has 0 saturated carbocycles. The molecule has 4 heteroatoms. The lowest BCUT2D eigenvalue weighted by Gasteiger charge is -2.23. The van der Waals surface area contributed by atoms with Crippen molar-refractivity contribution in [3.8, 4) is 11.1 Å². The van der Waals surface area contributed by atoms with Crippen LogP contribution in [0.15, 0.2) is 42.5 Å². The highest BCUT2D eigenvalue weighted by Crippen LogP contribution is 2.37. The normalized spacial score (nSPS) is 19.0. The summed E-state index contributed by atoms with van der Waals surface area (Å²) < 4.78 is 5.39. The van der Waals surface area contributed by atoms with E-state index in [9.17, 15) is 4.79 Å². The second-order valence-electron chi connectivity index (χ2n) is 6.18. The van der Waals surface area contributed by atoms with Crippen LogP contribution in [0.5, 0.6) is 0 Å². The maximum atomic E-state index is 12.2. The topological polar surface area (TPSA) is 50.4 Å². The minimum Gasteiger partial charge on any atom is -0.378 e. The lowest BCUT2D eigenvalue weighted by atomic mass is 10.1. The molecule has 0 radical (unpaired) electrons. The SMILES string of the molecule is O=C(CC1COCCN1)Nc1ccc2c(c1)Cc1ccccc1-2. The van der Waals surface area contributed by atoms with E-state index < -0.39 is 0 Å². The van der Waals surface area contributed by atoms with Gasteiger partial charge < -0.3 is 15.4 Å². The third kappa shape index (κ3) is 3.00. The number of carbonyl (C=O) groups excluding carboxylic acids is 1. The molecule has 0 bridgehead atoms. The Kier molecular flexibility index (Phi) is 3.85. The fourth-order valence-corrected chi connectivity index (χ4v) is 3.41. The largest absolute Gasteiger partial charge is 0.378 e. The number of rotatable bonds is 3. The Morgan fingerprint density at radius 2 is 2.04 bits per heavy atom. The number of nitrogens with one attached hydrogen (secondary N) is 2. The molecule has 4 rings (SSSR count). The molecule has 118 valence electrons. The number of amides is 1. The number of hydrogen-bond acceptors (Lipinski definition) is 3. The molecule has 2 aliphatic rings.